The van der Waals surface area contributed by atoms with Gasteiger partial charge in [0.2, 0.25) is 0 Å². The predicted octanol–water partition coefficient (Wildman–Crippen LogP) is 5.56. The summed E-state index contributed by atoms with van der Waals surface area (Å²) in [5.74, 6) is 0.355. The zero-order valence-electron chi connectivity index (χ0n) is 17.8. The molecule has 0 spiro atoms. The molecular formula is C24H24ClN3O3S. The zero-order chi connectivity index (χ0) is 22.5. The topological polar surface area (TPSA) is 71.5 Å². The lowest BCUT2D eigenvalue weighted by Crippen LogP contribution is -2.36. The van der Waals surface area contributed by atoms with E-state index in [1.165, 1.54) is 11.3 Å². The summed E-state index contributed by atoms with van der Waals surface area (Å²) in [4.78, 5) is 32.8. The second kappa shape index (κ2) is 10.1. The van der Waals surface area contributed by atoms with Gasteiger partial charge >= 0.3 is 0 Å². The Morgan fingerprint density at radius 3 is 2.56 bits per heavy atom. The van der Waals surface area contributed by atoms with Gasteiger partial charge < -0.3 is 15.0 Å². The number of likely N-dealkylation sites (tertiary alicyclic amines) is 1. The van der Waals surface area contributed by atoms with Crippen LogP contribution in [0.1, 0.15) is 50.0 Å². The highest BCUT2D eigenvalue weighted by Gasteiger charge is 2.22. The Kier molecular flexibility index (Phi) is 7.07. The number of ether oxygens (including phenoxy) is 1. The van der Waals surface area contributed by atoms with E-state index >= 15 is 0 Å². The quantitative estimate of drug-likeness (QED) is 0.512. The Hall–Kier alpha value is -2.90. The maximum atomic E-state index is 13.0. The van der Waals surface area contributed by atoms with E-state index in [0.717, 1.165) is 32.4 Å². The monoisotopic (exact) mass is 469 g/mol. The molecule has 6 nitrogen and oxygen atoms in total. The Morgan fingerprint density at radius 1 is 1.09 bits per heavy atom. The van der Waals surface area contributed by atoms with Crippen molar-refractivity contribution in [2.24, 2.45) is 0 Å². The van der Waals surface area contributed by atoms with Crippen molar-refractivity contribution < 1.29 is 14.3 Å². The number of para-hydroxylation sites is 1. The molecule has 0 saturated carbocycles. The van der Waals surface area contributed by atoms with Crippen molar-refractivity contribution in [2.75, 3.05) is 18.4 Å². The molecule has 2 heterocycles. The largest absolute Gasteiger partial charge is 0.486 e. The van der Waals surface area contributed by atoms with Crippen molar-refractivity contribution in [3.63, 3.8) is 0 Å². The van der Waals surface area contributed by atoms with Gasteiger partial charge in [-0.2, -0.15) is 0 Å². The number of benzene rings is 2. The minimum atomic E-state index is -0.281. The van der Waals surface area contributed by atoms with Gasteiger partial charge in [-0.15, -0.1) is 11.3 Å². The van der Waals surface area contributed by atoms with E-state index in [2.05, 4.69) is 10.3 Å². The first kappa shape index (κ1) is 22.3. The molecule has 4 rings (SSSR count). The number of rotatable bonds is 6. The fourth-order valence-corrected chi connectivity index (χ4v) is 4.62. The molecule has 0 bridgehead atoms. The molecule has 1 aliphatic rings. The molecule has 0 atom stereocenters. The third-order valence-electron chi connectivity index (χ3n) is 5.27. The van der Waals surface area contributed by atoms with Crippen LogP contribution in [-0.2, 0) is 6.61 Å². The molecule has 1 aromatic heterocycles. The van der Waals surface area contributed by atoms with Crippen LogP contribution in [0.2, 0.25) is 5.02 Å². The SMILES string of the molecule is Cc1nc(COc2ccc(Cl)cc2)sc1C(=O)Nc1ccccc1C(=O)N1CCCCC1. The highest BCUT2D eigenvalue weighted by molar-refractivity contribution is 7.13. The lowest BCUT2D eigenvalue weighted by atomic mass is 10.1. The van der Waals surface area contributed by atoms with E-state index < -0.39 is 0 Å². The minimum absolute atomic E-state index is 0.0429. The summed E-state index contributed by atoms with van der Waals surface area (Å²) in [6.45, 7) is 3.56. The Bertz CT molecular complexity index is 1110. The number of halogens is 1. The van der Waals surface area contributed by atoms with Crippen molar-refractivity contribution >= 4 is 40.4 Å². The van der Waals surface area contributed by atoms with Gasteiger partial charge in [0, 0.05) is 18.1 Å². The number of hydrogen-bond donors (Lipinski definition) is 1. The summed E-state index contributed by atoms with van der Waals surface area (Å²) in [6, 6.07) is 14.2. The smallest absolute Gasteiger partial charge is 0.267 e. The summed E-state index contributed by atoms with van der Waals surface area (Å²) >= 11 is 7.18. The first-order valence-electron chi connectivity index (χ1n) is 10.6. The molecule has 0 unspecified atom stereocenters. The second-order valence-corrected chi connectivity index (χ2v) is 9.14. The molecular weight excluding hydrogens is 446 g/mol. The first-order valence-corrected chi connectivity index (χ1v) is 11.7. The number of carbonyl (C=O) groups is 2. The zero-order valence-corrected chi connectivity index (χ0v) is 19.3. The molecule has 2 aromatic carbocycles. The van der Waals surface area contributed by atoms with Crippen LogP contribution < -0.4 is 10.1 Å². The average molecular weight is 470 g/mol. The number of carbonyl (C=O) groups excluding carboxylic acids is 2. The van der Waals surface area contributed by atoms with E-state index in [1.807, 2.05) is 17.0 Å². The van der Waals surface area contributed by atoms with E-state index in [4.69, 9.17) is 16.3 Å². The number of aromatic nitrogens is 1. The van der Waals surface area contributed by atoms with Gasteiger partial charge in [0.1, 0.15) is 22.2 Å². The molecule has 0 aliphatic carbocycles. The van der Waals surface area contributed by atoms with Gasteiger partial charge in [-0.1, -0.05) is 23.7 Å². The number of nitrogens with one attached hydrogen (secondary N) is 1. The highest BCUT2D eigenvalue weighted by Crippen LogP contribution is 2.25. The van der Waals surface area contributed by atoms with Crippen molar-refractivity contribution in [2.45, 2.75) is 32.8 Å². The summed E-state index contributed by atoms with van der Waals surface area (Å²) in [7, 11) is 0. The van der Waals surface area contributed by atoms with Gasteiger partial charge in [-0.25, -0.2) is 4.98 Å². The fraction of sp³-hybridized carbons (Fsp3) is 0.292. The van der Waals surface area contributed by atoms with E-state index in [9.17, 15) is 9.59 Å². The molecule has 0 radical (unpaired) electrons. The summed E-state index contributed by atoms with van der Waals surface area (Å²) in [6.07, 6.45) is 3.18. The standard InChI is InChI=1S/C24H24ClN3O3S/c1-16-22(32-21(26-16)15-31-18-11-9-17(25)10-12-18)23(29)27-20-8-4-3-7-19(20)24(30)28-13-5-2-6-14-28/h3-4,7-12H,2,5-6,13-15H2,1H3,(H,27,29). The van der Waals surface area contributed by atoms with Crippen molar-refractivity contribution in [3.05, 3.63) is 74.7 Å². The summed E-state index contributed by atoms with van der Waals surface area (Å²) in [5, 5.41) is 4.24. The van der Waals surface area contributed by atoms with Crippen LogP contribution in [0.15, 0.2) is 48.5 Å². The lowest BCUT2D eigenvalue weighted by Gasteiger charge is -2.27. The van der Waals surface area contributed by atoms with Crippen LogP contribution in [0, 0.1) is 6.92 Å². The molecule has 1 aliphatic heterocycles. The number of piperidine rings is 1. The third-order valence-corrected chi connectivity index (χ3v) is 6.65. The molecule has 1 N–H and O–H groups in total. The number of nitrogens with zero attached hydrogens (tertiary/aromatic N) is 2. The molecule has 166 valence electrons. The van der Waals surface area contributed by atoms with Gasteiger partial charge in [0.05, 0.1) is 16.9 Å². The molecule has 32 heavy (non-hydrogen) atoms. The van der Waals surface area contributed by atoms with Gasteiger partial charge in [0.15, 0.2) is 0 Å². The van der Waals surface area contributed by atoms with Crippen molar-refractivity contribution in [3.8, 4) is 5.75 Å². The number of anilines is 1. The first-order chi connectivity index (χ1) is 15.5. The van der Waals surface area contributed by atoms with E-state index in [1.54, 1.807) is 43.3 Å². The van der Waals surface area contributed by atoms with Gasteiger partial charge in [0.25, 0.3) is 11.8 Å². The summed E-state index contributed by atoms with van der Waals surface area (Å²) in [5.41, 5.74) is 1.65. The molecule has 2 amide bonds. The Balaban J connectivity index is 1.45. The summed E-state index contributed by atoms with van der Waals surface area (Å²) < 4.78 is 5.74. The Morgan fingerprint density at radius 2 is 1.81 bits per heavy atom. The van der Waals surface area contributed by atoms with Crippen molar-refractivity contribution in [1.82, 2.24) is 9.88 Å². The molecule has 8 heteroatoms. The Labute approximate surface area is 196 Å². The predicted molar refractivity (Wildman–Crippen MR) is 127 cm³/mol. The molecule has 1 fully saturated rings. The number of aryl methyl sites for hydroxylation is 1. The minimum Gasteiger partial charge on any atom is -0.486 e. The highest BCUT2D eigenvalue weighted by atomic mass is 35.5. The van der Waals surface area contributed by atoms with Crippen LogP contribution in [0.4, 0.5) is 5.69 Å². The average Bonchev–Trinajstić information content (AvgIpc) is 3.20. The number of thiazole rings is 1. The van der Waals surface area contributed by atoms with Crippen LogP contribution >= 0.6 is 22.9 Å². The fourth-order valence-electron chi connectivity index (χ4n) is 3.63. The molecule has 3 aromatic rings. The van der Waals surface area contributed by atoms with Gasteiger partial charge in [-0.05, 0) is 62.6 Å². The van der Waals surface area contributed by atoms with Crippen LogP contribution in [0.25, 0.3) is 0 Å². The van der Waals surface area contributed by atoms with E-state index in [0.29, 0.717) is 37.6 Å². The van der Waals surface area contributed by atoms with Crippen molar-refractivity contribution in [1.29, 1.82) is 0 Å². The van der Waals surface area contributed by atoms with Crippen LogP contribution in [-0.4, -0.2) is 34.8 Å². The maximum absolute atomic E-state index is 13.0. The van der Waals surface area contributed by atoms with Crippen LogP contribution in [0.3, 0.4) is 0 Å². The van der Waals surface area contributed by atoms with E-state index in [-0.39, 0.29) is 18.4 Å². The lowest BCUT2D eigenvalue weighted by molar-refractivity contribution is 0.0725. The number of amides is 2. The van der Waals surface area contributed by atoms with Gasteiger partial charge in [-0.3, -0.25) is 9.59 Å². The number of hydrogen-bond acceptors (Lipinski definition) is 5. The maximum Gasteiger partial charge on any atom is 0.267 e. The second-order valence-electron chi connectivity index (χ2n) is 7.62. The normalized spacial score (nSPS) is 13.6. The van der Waals surface area contributed by atoms with Crippen LogP contribution in [0.5, 0.6) is 5.75 Å². The third kappa shape index (κ3) is 5.29. The molecule has 1 saturated heterocycles.